The van der Waals surface area contributed by atoms with Gasteiger partial charge in [-0.1, -0.05) is 48.0 Å². The van der Waals surface area contributed by atoms with Crippen molar-refractivity contribution in [3.63, 3.8) is 0 Å². The number of carbonyl (C=O) groups excluding carboxylic acids is 2. The lowest BCUT2D eigenvalue weighted by Gasteiger charge is -2.21. The Hall–Kier alpha value is -1.79. The molecule has 0 unspecified atom stereocenters. The van der Waals surface area contributed by atoms with Crippen molar-refractivity contribution in [3.8, 4) is 0 Å². The van der Waals surface area contributed by atoms with E-state index < -0.39 is 16.1 Å². The van der Waals surface area contributed by atoms with E-state index in [1.165, 1.54) is 28.8 Å². The number of sulfonamides is 1. The predicted molar refractivity (Wildman–Crippen MR) is 152 cm³/mol. The minimum Gasteiger partial charge on any atom is -0.354 e. The van der Waals surface area contributed by atoms with Gasteiger partial charge in [-0.2, -0.15) is 0 Å². The molecule has 3 aromatic rings. The molecule has 0 aliphatic heterocycles. The molecule has 2 N–H and O–H groups in total. The predicted octanol–water partition coefficient (Wildman–Crippen LogP) is 5.40. The normalized spacial score (nSPS) is 12.8. The van der Waals surface area contributed by atoms with Gasteiger partial charge in [0.1, 0.15) is 6.04 Å². The van der Waals surface area contributed by atoms with Gasteiger partial charge in [-0.3, -0.25) is 9.59 Å². The van der Waals surface area contributed by atoms with Gasteiger partial charge >= 0.3 is 0 Å². The van der Waals surface area contributed by atoms with E-state index >= 15 is 0 Å². The molecule has 0 saturated heterocycles. The molecule has 1 heterocycles. The Morgan fingerprint density at radius 1 is 1.08 bits per heavy atom. The first-order valence-corrected chi connectivity index (χ1v) is 15.3. The summed E-state index contributed by atoms with van der Waals surface area (Å²) in [4.78, 5) is 26.5. The van der Waals surface area contributed by atoms with Crippen LogP contribution in [0, 0.1) is 5.92 Å². The number of rotatable bonds is 11. The molecule has 0 radical (unpaired) electrons. The topological polar surface area (TPSA) is 95.6 Å². The Morgan fingerprint density at radius 3 is 2.47 bits per heavy atom. The Kier molecular flexibility index (Phi) is 10.1. The molecule has 3 rings (SSSR count). The summed E-state index contributed by atoms with van der Waals surface area (Å²) in [6, 6.07) is 13.8. The number of thiophene rings is 1. The van der Waals surface area contributed by atoms with E-state index in [-0.39, 0.29) is 35.7 Å². The van der Waals surface area contributed by atoms with E-state index in [1.807, 2.05) is 44.2 Å². The molecular formula is C25H29Br2N3O4S2. The second kappa shape index (κ2) is 12.6. The van der Waals surface area contributed by atoms with Crippen LogP contribution >= 0.6 is 43.2 Å². The average molecular weight is 659 g/mol. The standard InChI is InChI=1S/C25H29Br2N3O4S2/c1-16(2)13-20(29-25(32)22-14-17-7-4-5-8-21(17)35-22)24(31)28-11-6-12-30(3)36(33,34)23-10-9-18(26)15-19(23)27/h4-5,7-10,14-16,20H,6,11-13H2,1-3H3,(H,28,31)(H,29,32)/t20-/m0/s1. The molecule has 1 atom stereocenters. The van der Waals surface area contributed by atoms with Crippen LogP contribution in [-0.2, 0) is 14.8 Å². The molecule has 194 valence electrons. The number of nitrogens with zero attached hydrogens (tertiary/aromatic N) is 1. The van der Waals surface area contributed by atoms with Gasteiger partial charge in [0.2, 0.25) is 15.9 Å². The zero-order valence-electron chi connectivity index (χ0n) is 20.3. The summed E-state index contributed by atoms with van der Waals surface area (Å²) < 4.78 is 29.3. The minimum atomic E-state index is -3.68. The van der Waals surface area contributed by atoms with Gasteiger partial charge in [0, 0.05) is 33.8 Å². The van der Waals surface area contributed by atoms with Crippen molar-refractivity contribution >= 4 is 75.1 Å². The molecular weight excluding hydrogens is 630 g/mol. The monoisotopic (exact) mass is 657 g/mol. The molecule has 2 aromatic carbocycles. The van der Waals surface area contributed by atoms with E-state index in [0.29, 0.717) is 22.2 Å². The first kappa shape index (κ1) is 28.8. The minimum absolute atomic E-state index is 0.179. The Balaban J connectivity index is 1.56. The number of fused-ring (bicyclic) bond motifs is 1. The lowest BCUT2D eigenvalue weighted by Crippen LogP contribution is -2.47. The summed E-state index contributed by atoms with van der Waals surface area (Å²) in [5.74, 6) is -0.355. The van der Waals surface area contributed by atoms with Gasteiger partial charge in [-0.25, -0.2) is 12.7 Å². The zero-order chi connectivity index (χ0) is 26.5. The van der Waals surface area contributed by atoms with Crippen LogP contribution in [0.2, 0.25) is 0 Å². The quantitative estimate of drug-likeness (QED) is 0.270. The molecule has 7 nitrogen and oxygen atoms in total. The highest BCUT2D eigenvalue weighted by Crippen LogP contribution is 2.28. The highest BCUT2D eigenvalue weighted by molar-refractivity contribution is 9.11. The van der Waals surface area contributed by atoms with Gasteiger partial charge < -0.3 is 10.6 Å². The van der Waals surface area contributed by atoms with Gasteiger partial charge in [0.05, 0.1) is 9.77 Å². The number of hydrogen-bond acceptors (Lipinski definition) is 5. The van der Waals surface area contributed by atoms with Crippen molar-refractivity contribution in [2.75, 3.05) is 20.1 Å². The highest BCUT2D eigenvalue weighted by atomic mass is 79.9. The molecule has 0 aliphatic carbocycles. The van der Waals surface area contributed by atoms with E-state index in [2.05, 4.69) is 42.5 Å². The van der Waals surface area contributed by atoms with Crippen molar-refractivity contribution < 1.29 is 18.0 Å². The third kappa shape index (κ3) is 7.38. The van der Waals surface area contributed by atoms with Gasteiger partial charge in [-0.15, -0.1) is 11.3 Å². The van der Waals surface area contributed by atoms with Crippen molar-refractivity contribution in [2.24, 2.45) is 5.92 Å². The first-order chi connectivity index (χ1) is 17.0. The zero-order valence-corrected chi connectivity index (χ0v) is 25.1. The average Bonchev–Trinajstić information content (AvgIpc) is 3.25. The van der Waals surface area contributed by atoms with Gasteiger partial charge in [-0.05, 0) is 70.4 Å². The SMILES string of the molecule is CC(C)C[C@H](NC(=O)c1cc2ccccc2s1)C(=O)NCCCN(C)S(=O)(=O)c1ccc(Br)cc1Br. The molecule has 36 heavy (non-hydrogen) atoms. The Morgan fingerprint density at radius 2 is 1.81 bits per heavy atom. The maximum Gasteiger partial charge on any atom is 0.262 e. The van der Waals surface area contributed by atoms with Crippen LogP contribution in [0.25, 0.3) is 10.1 Å². The van der Waals surface area contributed by atoms with Crippen LogP contribution in [0.3, 0.4) is 0 Å². The lowest BCUT2D eigenvalue weighted by atomic mass is 10.0. The number of amides is 2. The van der Waals surface area contributed by atoms with E-state index in [9.17, 15) is 18.0 Å². The van der Waals surface area contributed by atoms with Crippen molar-refractivity contribution in [3.05, 3.63) is 62.4 Å². The number of nitrogens with one attached hydrogen (secondary N) is 2. The summed E-state index contributed by atoms with van der Waals surface area (Å²) in [7, 11) is -2.17. The number of benzene rings is 2. The summed E-state index contributed by atoms with van der Waals surface area (Å²) in [5, 5.41) is 6.72. The molecule has 0 fully saturated rings. The maximum absolute atomic E-state index is 12.9. The molecule has 11 heteroatoms. The summed E-state index contributed by atoms with van der Waals surface area (Å²) in [5.41, 5.74) is 0. The fourth-order valence-corrected chi connectivity index (χ4v) is 7.51. The summed E-state index contributed by atoms with van der Waals surface area (Å²) >= 11 is 8.02. The second-order valence-electron chi connectivity index (χ2n) is 8.85. The van der Waals surface area contributed by atoms with Crippen LogP contribution in [0.5, 0.6) is 0 Å². The van der Waals surface area contributed by atoms with E-state index in [4.69, 9.17) is 0 Å². The smallest absolute Gasteiger partial charge is 0.262 e. The molecule has 0 saturated carbocycles. The summed E-state index contributed by atoms with van der Waals surface area (Å²) in [6.07, 6.45) is 0.919. The van der Waals surface area contributed by atoms with Crippen LogP contribution in [-0.4, -0.2) is 50.7 Å². The highest BCUT2D eigenvalue weighted by Gasteiger charge is 2.25. The van der Waals surface area contributed by atoms with Crippen molar-refractivity contribution in [1.82, 2.24) is 14.9 Å². The molecule has 0 spiro atoms. The van der Waals surface area contributed by atoms with Gasteiger partial charge in [0.25, 0.3) is 5.91 Å². The first-order valence-electron chi connectivity index (χ1n) is 11.5. The molecule has 0 bridgehead atoms. The van der Waals surface area contributed by atoms with E-state index in [1.54, 1.807) is 12.1 Å². The fraction of sp³-hybridized carbons (Fsp3) is 0.360. The Bertz CT molecular complexity index is 1310. The third-order valence-corrected chi connectivity index (χ3v) is 9.95. The molecule has 1 aromatic heterocycles. The van der Waals surface area contributed by atoms with Crippen LogP contribution < -0.4 is 10.6 Å². The number of carbonyl (C=O) groups is 2. The van der Waals surface area contributed by atoms with Crippen molar-refractivity contribution in [1.29, 1.82) is 0 Å². The largest absolute Gasteiger partial charge is 0.354 e. The second-order valence-corrected chi connectivity index (χ2v) is 13.7. The molecule has 2 amide bonds. The molecule has 0 aliphatic rings. The van der Waals surface area contributed by atoms with E-state index in [0.717, 1.165) is 14.6 Å². The Labute approximate surface area is 233 Å². The summed E-state index contributed by atoms with van der Waals surface area (Å²) in [6.45, 7) is 4.50. The fourth-order valence-electron chi connectivity index (χ4n) is 3.64. The lowest BCUT2D eigenvalue weighted by molar-refractivity contribution is -0.123. The van der Waals surface area contributed by atoms with Gasteiger partial charge in [0.15, 0.2) is 0 Å². The van der Waals surface area contributed by atoms with Crippen molar-refractivity contribution in [2.45, 2.75) is 37.6 Å². The number of halogens is 2. The third-order valence-electron chi connectivity index (χ3n) is 5.51. The van der Waals surface area contributed by atoms with Crippen LogP contribution in [0.4, 0.5) is 0 Å². The number of hydrogen-bond donors (Lipinski definition) is 2. The van der Waals surface area contributed by atoms with Crippen LogP contribution in [0.15, 0.2) is 62.4 Å². The maximum atomic E-state index is 12.9. The van der Waals surface area contributed by atoms with Crippen LogP contribution in [0.1, 0.15) is 36.4 Å².